The minimum absolute atomic E-state index is 0.312. The van der Waals surface area contributed by atoms with Gasteiger partial charge in [-0.1, -0.05) is 12.1 Å². The van der Waals surface area contributed by atoms with Crippen molar-refractivity contribution in [1.82, 2.24) is 14.7 Å². The number of rotatable bonds is 5. The zero-order valence-corrected chi connectivity index (χ0v) is 16.5. The van der Waals surface area contributed by atoms with E-state index in [1.165, 1.54) is 5.56 Å². The fourth-order valence-corrected chi connectivity index (χ4v) is 5.00. The molecule has 0 aromatic heterocycles. The van der Waals surface area contributed by atoms with Crippen molar-refractivity contribution >= 4 is 5.91 Å². The Balaban J connectivity index is 1.36. The lowest BCUT2D eigenvalue weighted by atomic mass is 9.89. The van der Waals surface area contributed by atoms with Crippen molar-refractivity contribution in [2.45, 2.75) is 12.5 Å². The van der Waals surface area contributed by atoms with Crippen LogP contribution in [0.25, 0.3) is 0 Å². The van der Waals surface area contributed by atoms with Gasteiger partial charge in [0.1, 0.15) is 5.75 Å². The highest BCUT2D eigenvalue weighted by Crippen LogP contribution is 2.44. The zero-order valence-electron chi connectivity index (χ0n) is 16.5. The van der Waals surface area contributed by atoms with Gasteiger partial charge in [-0.15, -0.1) is 0 Å². The van der Waals surface area contributed by atoms with Gasteiger partial charge >= 0.3 is 0 Å². The van der Waals surface area contributed by atoms with Crippen LogP contribution in [-0.4, -0.2) is 87.2 Å². The van der Waals surface area contributed by atoms with Gasteiger partial charge in [0.25, 0.3) is 0 Å². The molecule has 0 spiro atoms. The smallest absolute Gasteiger partial charge is 0.223 e. The average molecular weight is 373 g/mol. The second kappa shape index (κ2) is 8.17. The first-order valence-electron chi connectivity index (χ1n) is 10.1. The molecule has 148 valence electrons. The lowest BCUT2D eigenvalue weighted by molar-refractivity contribution is -0.131. The standard InChI is InChI=1S/C21H31N3O3/c1-22-13-17-14-24(20(25)7-8-23-9-11-27-12-10-23)15-19(17)21(22)16-3-5-18(26-2)6-4-16/h3-6,17,19,21H,7-15H2,1-2H3/t17-,19+,21-/m0/s1. The number of nitrogens with zero attached hydrogens (tertiary/aromatic N) is 3. The molecule has 0 saturated carbocycles. The van der Waals surface area contributed by atoms with E-state index in [2.05, 4.69) is 33.9 Å². The second-order valence-electron chi connectivity index (χ2n) is 8.08. The summed E-state index contributed by atoms with van der Waals surface area (Å²) in [5, 5.41) is 0. The van der Waals surface area contributed by atoms with Crippen LogP contribution >= 0.6 is 0 Å². The molecule has 0 radical (unpaired) electrons. The van der Waals surface area contributed by atoms with Crippen LogP contribution in [0.2, 0.25) is 0 Å². The number of ether oxygens (including phenoxy) is 2. The SMILES string of the molecule is COc1ccc([C@H]2[C@@H]3CN(C(=O)CCN4CCOCC4)C[C@@H]3CN2C)cc1. The maximum absolute atomic E-state index is 12.8. The molecule has 3 aliphatic heterocycles. The lowest BCUT2D eigenvalue weighted by Gasteiger charge is -2.28. The van der Waals surface area contributed by atoms with Gasteiger partial charge in [-0.2, -0.15) is 0 Å². The number of hydrogen-bond donors (Lipinski definition) is 0. The van der Waals surface area contributed by atoms with Gasteiger partial charge in [0.15, 0.2) is 0 Å². The van der Waals surface area contributed by atoms with E-state index in [1.807, 2.05) is 12.1 Å². The van der Waals surface area contributed by atoms with Crippen molar-refractivity contribution in [1.29, 1.82) is 0 Å². The summed E-state index contributed by atoms with van der Waals surface area (Å²) in [7, 11) is 3.90. The fourth-order valence-electron chi connectivity index (χ4n) is 5.00. The molecule has 3 atom stereocenters. The lowest BCUT2D eigenvalue weighted by Crippen LogP contribution is -2.40. The van der Waals surface area contributed by atoms with Gasteiger partial charge in [-0.3, -0.25) is 14.6 Å². The first kappa shape index (κ1) is 18.7. The molecule has 6 nitrogen and oxygen atoms in total. The van der Waals surface area contributed by atoms with E-state index in [0.29, 0.717) is 30.2 Å². The number of methoxy groups -OCH3 is 1. The maximum Gasteiger partial charge on any atom is 0.223 e. The molecule has 3 fully saturated rings. The number of carbonyl (C=O) groups excluding carboxylic acids is 1. The van der Waals surface area contributed by atoms with E-state index >= 15 is 0 Å². The largest absolute Gasteiger partial charge is 0.497 e. The molecule has 1 aromatic rings. The van der Waals surface area contributed by atoms with Crippen molar-refractivity contribution in [2.24, 2.45) is 11.8 Å². The molecule has 0 N–H and O–H groups in total. The number of fused-ring (bicyclic) bond motifs is 1. The average Bonchev–Trinajstić information content (AvgIpc) is 3.24. The van der Waals surface area contributed by atoms with Crippen molar-refractivity contribution in [3.8, 4) is 5.75 Å². The third kappa shape index (κ3) is 3.98. The molecule has 3 heterocycles. The Bertz CT molecular complexity index is 645. The van der Waals surface area contributed by atoms with Crippen LogP contribution in [0.4, 0.5) is 0 Å². The molecule has 3 saturated heterocycles. The number of amides is 1. The number of likely N-dealkylation sites (tertiary alicyclic amines) is 2. The van der Waals surface area contributed by atoms with Crippen LogP contribution in [0.15, 0.2) is 24.3 Å². The summed E-state index contributed by atoms with van der Waals surface area (Å²) >= 11 is 0. The summed E-state index contributed by atoms with van der Waals surface area (Å²) in [6.07, 6.45) is 0.627. The molecule has 0 unspecified atom stereocenters. The van der Waals surface area contributed by atoms with E-state index in [4.69, 9.17) is 9.47 Å². The molecule has 6 heteroatoms. The highest BCUT2D eigenvalue weighted by atomic mass is 16.5. The Kier molecular flexibility index (Phi) is 5.66. The Labute approximate surface area is 162 Å². The molecule has 0 aliphatic carbocycles. The molecule has 1 aromatic carbocycles. The van der Waals surface area contributed by atoms with Gasteiger partial charge in [-0.05, 0) is 30.7 Å². The monoisotopic (exact) mass is 373 g/mol. The molecule has 3 aliphatic rings. The molecule has 0 bridgehead atoms. The molecule has 1 amide bonds. The summed E-state index contributed by atoms with van der Waals surface area (Å²) in [6.45, 7) is 7.18. The van der Waals surface area contributed by atoms with Crippen molar-refractivity contribution in [3.05, 3.63) is 29.8 Å². The van der Waals surface area contributed by atoms with Crippen LogP contribution in [0.3, 0.4) is 0 Å². The van der Waals surface area contributed by atoms with E-state index in [-0.39, 0.29) is 0 Å². The Morgan fingerprint density at radius 1 is 1.15 bits per heavy atom. The van der Waals surface area contributed by atoms with Crippen molar-refractivity contribution < 1.29 is 14.3 Å². The van der Waals surface area contributed by atoms with Crippen LogP contribution in [0.5, 0.6) is 5.75 Å². The third-order valence-corrected chi connectivity index (χ3v) is 6.45. The van der Waals surface area contributed by atoms with Gasteiger partial charge in [-0.25, -0.2) is 0 Å². The van der Waals surface area contributed by atoms with E-state index in [9.17, 15) is 4.79 Å². The van der Waals surface area contributed by atoms with Crippen molar-refractivity contribution in [2.75, 3.05) is 66.6 Å². The van der Waals surface area contributed by atoms with Crippen LogP contribution in [0.1, 0.15) is 18.0 Å². The second-order valence-corrected chi connectivity index (χ2v) is 8.08. The minimum Gasteiger partial charge on any atom is -0.497 e. The van der Waals surface area contributed by atoms with Gasteiger partial charge < -0.3 is 14.4 Å². The van der Waals surface area contributed by atoms with E-state index < -0.39 is 0 Å². The first-order chi connectivity index (χ1) is 13.2. The third-order valence-electron chi connectivity index (χ3n) is 6.45. The van der Waals surface area contributed by atoms with E-state index in [1.54, 1.807) is 7.11 Å². The number of carbonyl (C=O) groups is 1. The first-order valence-corrected chi connectivity index (χ1v) is 10.1. The topological polar surface area (TPSA) is 45.3 Å². The summed E-state index contributed by atoms with van der Waals surface area (Å²) in [5.74, 6) is 2.31. The molecular weight excluding hydrogens is 342 g/mol. The summed E-state index contributed by atoms with van der Waals surface area (Å²) in [6, 6.07) is 8.81. The Morgan fingerprint density at radius 2 is 1.89 bits per heavy atom. The number of hydrogen-bond acceptors (Lipinski definition) is 5. The summed E-state index contributed by atoms with van der Waals surface area (Å²) in [4.78, 5) is 19.7. The molecule has 27 heavy (non-hydrogen) atoms. The fraction of sp³-hybridized carbons (Fsp3) is 0.667. The van der Waals surface area contributed by atoms with E-state index in [0.717, 1.165) is 58.2 Å². The predicted molar refractivity (Wildman–Crippen MR) is 104 cm³/mol. The summed E-state index contributed by atoms with van der Waals surface area (Å²) < 4.78 is 10.7. The quantitative estimate of drug-likeness (QED) is 0.782. The zero-order chi connectivity index (χ0) is 18.8. The van der Waals surface area contributed by atoms with Gasteiger partial charge in [0.05, 0.1) is 20.3 Å². The van der Waals surface area contributed by atoms with Gasteiger partial charge in [0.2, 0.25) is 5.91 Å². The maximum atomic E-state index is 12.8. The van der Waals surface area contributed by atoms with Crippen LogP contribution in [0, 0.1) is 11.8 Å². The predicted octanol–water partition coefficient (Wildman–Crippen LogP) is 1.48. The number of morpholine rings is 1. The number of benzene rings is 1. The van der Waals surface area contributed by atoms with Crippen molar-refractivity contribution in [3.63, 3.8) is 0 Å². The van der Waals surface area contributed by atoms with Crippen LogP contribution < -0.4 is 4.74 Å². The Hall–Kier alpha value is -1.63. The summed E-state index contributed by atoms with van der Waals surface area (Å²) in [5.41, 5.74) is 1.33. The molecule has 4 rings (SSSR count). The van der Waals surface area contributed by atoms with Gasteiger partial charge in [0, 0.05) is 57.6 Å². The van der Waals surface area contributed by atoms with Crippen LogP contribution in [-0.2, 0) is 9.53 Å². The Morgan fingerprint density at radius 3 is 2.59 bits per heavy atom. The highest BCUT2D eigenvalue weighted by Gasteiger charge is 2.47. The minimum atomic E-state index is 0.312. The normalized spacial score (nSPS) is 29.1. The molecular formula is C21H31N3O3. The highest BCUT2D eigenvalue weighted by molar-refractivity contribution is 5.76.